The van der Waals surface area contributed by atoms with Crippen LogP contribution in [0.15, 0.2) is 0 Å². The van der Waals surface area contributed by atoms with E-state index in [4.69, 9.17) is 14.6 Å². The number of unbranched alkanes of at least 4 members (excludes halogenated alkanes) is 3. The number of aliphatic hydroxyl groups excluding tert-OH is 4. The summed E-state index contributed by atoms with van der Waals surface area (Å²) in [5.74, 6) is -0.849. The van der Waals surface area contributed by atoms with Gasteiger partial charge >= 0.3 is 0 Å². The van der Waals surface area contributed by atoms with Crippen LogP contribution in [0.25, 0.3) is 0 Å². The second-order valence-electron chi connectivity index (χ2n) is 9.15. The Morgan fingerprint density at radius 2 is 1.63 bits per heavy atom. The Hall–Kier alpha value is -1.63. The molecule has 35 heavy (non-hydrogen) atoms. The molecule has 11 nitrogen and oxygen atoms in total. The van der Waals surface area contributed by atoms with Crippen LogP contribution >= 0.6 is 0 Å². The van der Waals surface area contributed by atoms with E-state index in [-0.39, 0.29) is 37.2 Å². The number of rotatable bonds is 18. The zero-order valence-corrected chi connectivity index (χ0v) is 21.0. The highest BCUT2D eigenvalue weighted by Gasteiger charge is 2.42. The summed E-state index contributed by atoms with van der Waals surface area (Å²) in [6.45, 7) is 3.58. The monoisotopic (exact) mass is 504 g/mol. The Kier molecular flexibility index (Phi) is 15.9. The molecular weight excluding hydrogens is 460 g/mol. The van der Waals surface area contributed by atoms with Crippen molar-refractivity contribution in [3.8, 4) is 0 Å². The SMILES string of the molecule is CC(=O)[C@@H](CCCCNC(=O)CCCCO)NC(=O)CCCCOC1OC(CO)C(O)C(O)C1C. The quantitative estimate of drug-likeness (QED) is 0.138. The molecule has 0 spiro atoms. The highest BCUT2D eigenvalue weighted by Crippen LogP contribution is 2.26. The van der Waals surface area contributed by atoms with Gasteiger partial charge in [0.1, 0.15) is 12.2 Å². The first-order valence-corrected chi connectivity index (χ1v) is 12.6. The molecule has 1 aliphatic heterocycles. The lowest BCUT2D eigenvalue weighted by atomic mass is 9.92. The van der Waals surface area contributed by atoms with Crippen LogP contribution in [0.1, 0.15) is 71.6 Å². The lowest BCUT2D eigenvalue weighted by Crippen LogP contribution is -2.55. The smallest absolute Gasteiger partial charge is 0.220 e. The third-order valence-electron chi connectivity index (χ3n) is 6.15. The first-order valence-electron chi connectivity index (χ1n) is 12.6. The lowest BCUT2D eigenvalue weighted by Gasteiger charge is -2.40. The van der Waals surface area contributed by atoms with E-state index >= 15 is 0 Å². The normalized spacial score (nSPS) is 25.1. The van der Waals surface area contributed by atoms with Crippen LogP contribution in [0.4, 0.5) is 0 Å². The number of aliphatic hydroxyl groups is 4. The van der Waals surface area contributed by atoms with E-state index in [1.807, 2.05) is 0 Å². The molecule has 1 fully saturated rings. The zero-order chi connectivity index (χ0) is 26.2. The number of ether oxygens (including phenoxy) is 2. The molecule has 0 aliphatic carbocycles. The maximum atomic E-state index is 12.2. The molecule has 0 aromatic rings. The van der Waals surface area contributed by atoms with Crippen LogP contribution in [-0.4, -0.2) is 95.0 Å². The van der Waals surface area contributed by atoms with Crippen molar-refractivity contribution in [2.75, 3.05) is 26.4 Å². The average Bonchev–Trinajstić information content (AvgIpc) is 2.82. The Morgan fingerprint density at radius 1 is 0.943 bits per heavy atom. The van der Waals surface area contributed by atoms with Crippen LogP contribution in [0.2, 0.25) is 0 Å². The Bertz CT molecular complexity index is 632. The van der Waals surface area contributed by atoms with E-state index in [0.29, 0.717) is 57.9 Å². The third kappa shape index (κ3) is 12.2. The number of amides is 2. The second kappa shape index (κ2) is 17.7. The van der Waals surface area contributed by atoms with Crippen LogP contribution < -0.4 is 10.6 Å². The molecule has 0 saturated carbocycles. The molecular formula is C24H44N2O9. The molecule has 0 aromatic carbocycles. The minimum absolute atomic E-state index is 0.0506. The van der Waals surface area contributed by atoms with Gasteiger partial charge in [-0.1, -0.05) is 6.92 Å². The van der Waals surface area contributed by atoms with Gasteiger partial charge in [0, 0.05) is 38.5 Å². The van der Waals surface area contributed by atoms with Crippen molar-refractivity contribution in [2.45, 2.75) is 102 Å². The molecule has 0 bridgehead atoms. The molecule has 0 aromatic heterocycles. The average molecular weight is 505 g/mol. The van der Waals surface area contributed by atoms with Gasteiger partial charge in [-0.3, -0.25) is 14.4 Å². The molecule has 11 heteroatoms. The summed E-state index contributed by atoms with van der Waals surface area (Å²) in [6, 6.07) is -0.557. The number of Topliss-reactive ketones (excluding diaryl/α,β-unsaturated/α-hetero) is 1. The molecule has 1 aliphatic rings. The highest BCUT2D eigenvalue weighted by atomic mass is 16.7. The molecule has 1 saturated heterocycles. The minimum Gasteiger partial charge on any atom is -0.396 e. The lowest BCUT2D eigenvalue weighted by molar-refractivity contribution is -0.282. The predicted molar refractivity (Wildman–Crippen MR) is 127 cm³/mol. The fourth-order valence-electron chi connectivity index (χ4n) is 3.83. The molecule has 1 heterocycles. The van der Waals surface area contributed by atoms with Crippen molar-refractivity contribution in [1.29, 1.82) is 0 Å². The summed E-state index contributed by atoms with van der Waals surface area (Å²) >= 11 is 0. The highest BCUT2D eigenvalue weighted by molar-refractivity contribution is 5.87. The van der Waals surface area contributed by atoms with E-state index in [1.165, 1.54) is 6.92 Å². The van der Waals surface area contributed by atoms with Crippen LogP contribution in [0.3, 0.4) is 0 Å². The topological polar surface area (TPSA) is 175 Å². The zero-order valence-electron chi connectivity index (χ0n) is 21.0. The predicted octanol–water partition coefficient (Wildman–Crippen LogP) is -0.229. The van der Waals surface area contributed by atoms with Gasteiger partial charge in [-0.05, 0) is 51.9 Å². The molecule has 5 unspecified atom stereocenters. The van der Waals surface area contributed by atoms with E-state index in [2.05, 4.69) is 10.6 Å². The van der Waals surface area contributed by atoms with E-state index < -0.39 is 43.2 Å². The summed E-state index contributed by atoms with van der Waals surface area (Å²) in [6.07, 6.45) is 0.964. The molecule has 0 radical (unpaired) electrons. The second-order valence-corrected chi connectivity index (χ2v) is 9.15. The van der Waals surface area contributed by atoms with Gasteiger partial charge in [0.15, 0.2) is 12.1 Å². The summed E-state index contributed by atoms with van der Waals surface area (Å²) in [4.78, 5) is 35.8. The van der Waals surface area contributed by atoms with E-state index in [0.717, 1.165) is 0 Å². The van der Waals surface area contributed by atoms with Crippen molar-refractivity contribution < 1.29 is 44.3 Å². The van der Waals surface area contributed by atoms with Crippen molar-refractivity contribution in [2.24, 2.45) is 5.92 Å². The molecule has 1 rings (SSSR count). The maximum absolute atomic E-state index is 12.2. The summed E-state index contributed by atoms with van der Waals surface area (Å²) < 4.78 is 11.1. The minimum atomic E-state index is -1.17. The van der Waals surface area contributed by atoms with Gasteiger partial charge in [0.2, 0.25) is 11.8 Å². The van der Waals surface area contributed by atoms with Crippen LogP contribution in [0, 0.1) is 5.92 Å². The molecule has 204 valence electrons. The summed E-state index contributed by atoms with van der Waals surface area (Å²) in [5.41, 5.74) is 0. The summed E-state index contributed by atoms with van der Waals surface area (Å²) in [5, 5.41) is 43.5. The number of hydrogen-bond acceptors (Lipinski definition) is 9. The van der Waals surface area contributed by atoms with Crippen molar-refractivity contribution in [1.82, 2.24) is 10.6 Å². The maximum Gasteiger partial charge on any atom is 0.220 e. The van der Waals surface area contributed by atoms with Gasteiger partial charge in [-0.25, -0.2) is 0 Å². The number of ketones is 1. The number of carbonyl (C=O) groups is 3. The van der Waals surface area contributed by atoms with E-state index in [1.54, 1.807) is 6.92 Å². The van der Waals surface area contributed by atoms with Crippen molar-refractivity contribution >= 4 is 17.6 Å². The largest absolute Gasteiger partial charge is 0.396 e. The van der Waals surface area contributed by atoms with Crippen LogP contribution in [-0.2, 0) is 23.9 Å². The fraction of sp³-hybridized carbons (Fsp3) is 0.875. The van der Waals surface area contributed by atoms with Gasteiger partial charge in [-0.2, -0.15) is 0 Å². The number of hydrogen-bond donors (Lipinski definition) is 6. The molecule has 2 amide bonds. The Morgan fingerprint density at radius 3 is 2.29 bits per heavy atom. The first-order chi connectivity index (χ1) is 16.7. The van der Waals surface area contributed by atoms with Crippen LogP contribution in [0.5, 0.6) is 0 Å². The summed E-state index contributed by atoms with van der Waals surface area (Å²) in [7, 11) is 0. The molecule has 6 atom stereocenters. The third-order valence-corrected chi connectivity index (χ3v) is 6.15. The Balaban J connectivity index is 2.20. The van der Waals surface area contributed by atoms with Gasteiger partial charge < -0.3 is 40.5 Å². The Labute approximate surface area is 207 Å². The standard InChI is InChI=1S/C24H44N2O9/c1-16-22(32)23(33)19(15-28)35-24(16)34-14-8-5-11-21(31)26-18(17(2)29)9-3-6-12-25-20(30)10-4-7-13-27/h16,18-19,22-24,27-28,32-33H,3-15H2,1-2H3,(H,25,30)(H,26,31)/t16?,18-,19?,22?,23?,24?/m1/s1. The van der Waals surface area contributed by atoms with Crippen molar-refractivity contribution in [3.05, 3.63) is 0 Å². The molecule has 6 N–H and O–H groups in total. The van der Waals surface area contributed by atoms with Gasteiger partial charge in [0.05, 0.1) is 18.8 Å². The number of nitrogens with one attached hydrogen (secondary N) is 2. The number of carbonyl (C=O) groups excluding carboxylic acids is 3. The van der Waals surface area contributed by atoms with E-state index in [9.17, 15) is 29.7 Å². The van der Waals surface area contributed by atoms with Gasteiger partial charge in [-0.15, -0.1) is 0 Å². The van der Waals surface area contributed by atoms with Gasteiger partial charge in [0.25, 0.3) is 0 Å². The first kappa shape index (κ1) is 31.4. The van der Waals surface area contributed by atoms with Crippen molar-refractivity contribution in [3.63, 3.8) is 0 Å². The fourth-order valence-corrected chi connectivity index (χ4v) is 3.83.